The summed E-state index contributed by atoms with van der Waals surface area (Å²) >= 11 is 0. The lowest BCUT2D eigenvalue weighted by Gasteiger charge is -2.21. The van der Waals surface area contributed by atoms with Gasteiger partial charge in [0, 0.05) is 12.6 Å². The van der Waals surface area contributed by atoms with Crippen molar-refractivity contribution < 1.29 is 9.47 Å². The zero-order chi connectivity index (χ0) is 13.5. The standard InChI is InChI=1S/C14H24N2O2/c1-6-16-9-12(15-3)11-8-14(18-5)13(17-4)7-10(11)2/h7-8,12,15-16H,6,9H2,1-5H3. The van der Waals surface area contributed by atoms with Crippen molar-refractivity contribution in [2.24, 2.45) is 0 Å². The van der Waals surface area contributed by atoms with Gasteiger partial charge in [0.25, 0.3) is 0 Å². The Morgan fingerprint density at radius 2 is 1.78 bits per heavy atom. The minimum Gasteiger partial charge on any atom is -0.493 e. The van der Waals surface area contributed by atoms with Crippen LogP contribution in [0.3, 0.4) is 0 Å². The number of nitrogens with one attached hydrogen (secondary N) is 2. The Morgan fingerprint density at radius 1 is 1.17 bits per heavy atom. The summed E-state index contributed by atoms with van der Waals surface area (Å²) in [7, 11) is 5.29. The molecule has 0 saturated carbocycles. The number of hydrogen-bond donors (Lipinski definition) is 2. The first-order valence-electron chi connectivity index (χ1n) is 6.28. The highest BCUT2D eigenvalue weighted by molar-refractivity contribution is 5.48. The molecule has 1 rings (SSSR count). The van der Waals surface area contributed by atoms with Crippen LogP contribution in [0.25, 0.3) is 0 Å². The Kier molecular flexibility index (Phi) is 5.95. The van der Waals surface area contributed by atoms with Crippen molar-refractivity contribution in [3.63, 3.8) is 0 Å². The van der Waals surface area contributed by atoms with Gasteiger partial charge in [-0.2, -0.15) is 0 Å². The molecule has 4 nitrogen and oxygen atoms in total. The Hall–Kier alpha value is -1.26. The molecule has 1 atom stereocenters. The van der Waals surface area contributed by atoms with E-state index in [1.807, 2.05) is 19.2 Å². The van der Waals surface area contributed by atoms with Crippen LogP contribution in [-0.2, 0) is 0 Å². The van der Waals surface area contributed by atoms with Crippen molar-refractivity contribution in [1.82, 2.24) is 10.6 Å². The molecule has 0 amide bonds. The van der Waals surface area contributed by atoms with Crippen LogP contribution in [0.4, 0.5) is 0 Å². The first-order chi connectivity index (χ1) is 8.67. The summed E-state index contributed by atoms with van der Waals surface area (Å²) in [6.07, 6.45) is 0. The van der Waals surface area contributed by atoms with Crippen LogP contribution in [0.15, 0.2) is 12.1 Å². The van der Waals surface area contributed by atoms with Crippen molar-refractivity contribution in [3.05, 3.63) is 23.3 Å². The molecule has 2 N–H and O–H groups in total. The largest absolute Gasteiger partial charge is 0.493 e. The maximum Gasteiger partial charge on any atom is 0.161 e. The third-order valence-corrected chi connectivity index (χ3v) is 3.09. The molecule has 0 radical (unpaired) electrons. The van der Waals surface area contributed by atoms with Crippen molar-refractivity contribution >= 4 is 0 Å². The normalized spacial score (nSPS) is 12.3. The van der Waals surface area contributed by atoms with E-state index in [1.54, 1.807) is 14.2 Å². The lowest BCUT2D eigenvalue weighted by Crippen LogP contribution is -2.29. The number of likely N-dealkylation sites (N-methyl/N-ethyl adjacent to an activating group) is 2. The van der Waals surface area contributed by atoms with Gasteiger partial charge in [-0.25, -0.2) is 0 Å². The van der Waals surface area contributed by atoms with Gasteiger partial charge in [0.1, 0.15) is 0 Å². The van der Waals surface area contributed by atoms with E-state index in [-0.39, 0.29) is 6.04 Å². The topological polar surface area (TPSA) is 42.5 Å². The summed E-state index contributed by atoms with van der Waals surface area (Å²) in [4.78, 5) is 0. The van der Waals surface area contributed by atoms with Crippen molar-refractivity contribution in [1.29, 1.82) is 0 Å². The number of methoxy groups -OCH3 is 2. The van der Waals surface area contributed by atoms with E-state index < -0.39 is 0 Å². The Bertz CT molecular complexity index is 380. The molecule has 0 fully saturated rings. The zero-order valence-electron chi connectivity index (χ0n) is 12.0. The smallest absolute Gasteiger partial charge is 0.161 e. The molecule has 1 aromatic rings. The Labute approximate surface area is 110 Å². The van der Waals surface area contributed by atoms with E-state index >= 15 is 0 Å². The number of hydrogen-bond acceptors (Lipinski definition) is 4. The monoisotopic (exact) mass is 252 g/mol. The van der Waals surface area contributed by atoms with Gasteiger partial charge in [0.2, 0.25) is 0 Å². The maximum absolute atomic E-state index is 5.36. The third kappa shape index (κ3) is 3.37. The zero-order valence-corrected chi connectivity index (χ0v) is 12.0. The second-order valence-electron chi connectivity index (χ2n) is 4.21. The quantitative estimate of drug-likeness (QED) is 0.777. The van der Waals surface area contributed by atoms with E-state index in [0.717, 1.165) is 24.6 Å². The highest BCUT2D eigenvalue weighted by Gasteiger charge is 2.15. The molecule has 0 aromatic heterocycles. The van der Waals surface area contributed by atoms with Gasteiger partial charge in [0.15, 0.2) is 11.5 Å². The van der Waals surface area contributed by atoms with Crippen LogP contribution >= 0.6 is 0 Å². The maximum atomic E-state index is 5.36. The highest BCUT2D eigenvalue weighted by Crippen LogP contribution is 2.32. The SMILES string of the molecule is CCNCC(NC)c1cc(OC)c(OC)cc1C. The molecule has 0 aliphatic carbocycles. The molecule has 0 aliphatic rings. The fourth-order valence-electron chi connectivity index (χ4n) is 2.03. The Morgan fingerprint density at radius 3 is 2.28 bits per heavy atom. The molecule has 0 bridgehead atoms. The van der Waals surface area contributed by atoms with Crippen LogP contribution in [0.5, 0.6) is 11.5 Å². The van der Waals surface area contributed by atoms with Gasteiger partial charge in [-0.05, 0) is 43.8 Å². The molecule has 1 unspecified atom stereocenters. The average molecular weight is 252 g/mol. The Balaban J connectivity index is 3.06. The van der Waals surface area contributed by atoms with Crippen LogP contribution < -0.4 is 20.1 Å². The van der Waals surface area contributed by atoms with Crippen LogP contribution in [0, 0.1) is 6.92 Å². The highest BCUT2D eigenvalue weighted by atomic mass is 16.5. The van der Waals surface area contributed by atoms with Crippen LogP contribution in [-0.4, -0.2) is 34.4 Å². The molecule has 0 spiro atoms. The fourth-order valence-corrected chi connectivity index (χ4v) is 2.03. The van der Waals surface area contributed by atoms with E-state index in [9.17, 15) is 0 Å². The minimum absolute atomic E-state index is 0.268. The van der Waals surface area contributed by atoms with Crippen molar-refractivity contribution in [2.45, 2.75) is 19.9 Å². The van der Waals surface area contributed by atoms with E-state index in [0.29, 0.717) is 0 Å². The molecule has 18 heavy (non-hydrogen) atoms. The molecule has 4 heteroatoms. The predicted molar refractivity (Wildman–Crippen MR) is 74.6 cm³/mol. The van der Waals surface area contributed by atoms with E-state index in [1.165, 1.54) is 11.1 Å². The summed E-state index contributed by atoms with van der Waals surface area (Å²) in [6, 6.07) is 4.33. The molecular formula is C14H24N2O2. The number of ether oxygens (including phenoxy) is 2. The molecule has 102 valence electrons. The van der Waals surface area contributed by atoms with Gasteiger partial charge in [-0.15, -0.1) is 0 Å². The molecular weight excluding hydrogens is 228 g/mol. The van der Waals surface area contributed by atoms with Gasteiger partial charge >= 0.3 is 0 Å². The lowest BCUT2D eigenvalue weighted by molar-refractivity contribution is 0.353. The van der Waals surface area contributed by atoms with Gasteiger partial charge in [0.05, 0.1) is 14.2 Å². The predicted octanol–water partition coefficient (Wildman–Crippen LogP) is 1.88. The first-order valence-corrected chi connectivity index (χ1v) is 6.28. The molecule has 1 aromatic carbocycles. The second kappa shape index (κ2) is 7.24. The summed E-state index contributed by atoms with van der Waals surface area (Å²) < 4.78 is 10.7. The lowest BCUT2D eigenvalue weighted by atomic mass is 10.00. The second-order valence-corrected chi connectivity index (χ2v) is 4.21. The fraction of sp³-hybridized carbons (Fsp3) is 0.571. The number of aryl methyl sites for hydroxylation is 1. The van der Waals surface area contributed by atoms with Crippen LogP contribution in [0.1, 0.15) is 24.1 Å². The minimum atomic E-state index is 0.268. The summed E-state index contributed by atoms with van der Waals surface area (Å²) in [5, 5.41) is 6.68. The van der Waals surface area contributed by atoms with Gasteiger partial charge < -0.3 is 20.1 Å². The third-order valence-electron chi connectivity index (χ3n) is 3.09. The van der Waals surface area contributed by atoms with Gasteiger partial charge in [-0.1, -0.05) is 6.92 Å². The summed E-state index contributed by atoms with van der Waals surface area (Å²) in [5.74, 6) is 1.55. The number of rotatable bonds is 7. The van der Waals surface area contributed by atoms with Crippen LogP contribution in [0.2, 0.25) is 0 Å². The van der Waals surface area contributed by atoms with Crippen molar-refractivity contribution in [2.75, 3.05) is 34.4 Å². The molecule has 0 saturated heterocycles. The van der Waals surface area contributed by atoms with E-state index in [2.05, 4.69) is 24.5 Å². The molecule has 0 heterocycles. The summed E-state index contributed by atoms with van der Waals surface area (Å²) in [6.45, 7) is 6.05. The van der Waals surface area contributed by atoms with Crippen molar-refractivity contribution in [3.8, 4) is 11.5 Å². The first kappa shape index (κ1) is 14.8. The van der Waals surface area contributed by atoms with Gasteiger partial charge in [-0.3, -0.25) is 0 Å². The average Bonchev–Trinajstić information content (AvgIpc) is 2.40. The summed E-state index contributed by atoms with van der Waals surface area (Å²) in [5.41, 5.74) is 2.43. The van der Waals surface area contributed by atoms with E-state index in [4.69, 9.17) is 9.47 Å². The number of benzene rings is 1. The molecule has 0 aliphatic heterocycles.